The molecule has 0 unspecified atom stereocenters. The van der Waals surface area contributed by atoms with Crippen LogP contribution < -0.4 is 16.4 Å². The summed E-state index contributed by atoms with van der Waals surface area (Å²) in [5.41, 5.74) is 7.03. The van der Waals surface area contributed by atoms with Gasteiger partial charge in [-0.1, -0.05) is 23.7 Å². The molecule has 0 aliphatic heterocycles. The highest BCUT2D eigenvalue weighted by Gasteiger charge is 2.30. The van der Waals surface area contributed by atoms with Crippen molar-refractivity contribution >= 4 is 29.3 Å². The van der Waals surface area contributed by atoms with Crippen molar-refractivity contribution in [3.05, 3.63) is 46.6 Å². The molecule has 1 aromatic heterocycles. The van der Waals surface area contributed by atoms with Crippen molar-refractivity contribution < 1.29 is 9.90 Å². The standard InChI is InChI=1S/C17H20ClN5O2/c18-13-4-2-1-3-12(13)16(25)21-6-5-20-15-9-14(22-17(19)23-15)10-7-11(24)8-10/h1-4,9-11,24H,5-8H2,(H,21,25)(H3,19,20,22,23). The minimum Gasteiger partial charge on any atom is -0.393 e. The predicted octanol–water partition coefficient (Wildman–Crippen LogP) is 1.79. The van der Waals surface area contributed by atoms with Gasteiger partial charge in [-0.2, -0.15) is 4.98 Å². The van der Waals surface area contributed by atoms with Crippen LogP contribution in [0.15, 0.2) is 30.3 Å². The Bertz CT molecular complexity index is 764. The maximum atomic E-state index is 12.1. The fourth-order valence-corrected chi connectivity index (χ4v) is 2.94. The molecule has 1 heterocycles. The van der Waals surface area contributed by atoms with E-state index in [0.29, 0.717) is 42.3 Å². The van der Waals surface area contributed by atoms with Gasteiger partial charge in [-0.05, 0) is 25.0 Å². The third-order valence-corrected chi connectivity index (χ3v) is 4.46. The lowest BCUT2D eigenvalue weighted by molar-refractivity contribution is 0.0732. The minimum atomic E-state index is -0.252. The molecular formula is C17H20ClN5O2. The van der Waals surface area contributed by atoms with Gasteiger partial charge in [-0.3, -0.25) is 4.79 Å². The van der Waals surface area contributed by atoms with Crippen LogP contribution in [0.3, 0.4) is 0 Å². The summed E-state index contributed by atoms with van der Waals surface area (Å²) in [5.74, 6) is 0.803. The van der Waals surface area contributed by atoms with Crippen LogP contribution in [0.2, 0.25) is 5.02 Å². The zero-order valence-electron chi connectivity index (χ0n) is 13.6. The number of anilines is 2. The van der Waals surface area contributed by atoms with Crippen LogP contribution in [0.5, 0.6) is 0 Å². The van der Waals surface area contributed by atoms with Gasteiger partial charge >= 0.3 is 0 Å². The Morgan fingerprint density at radius 2 is 2.04 bits per heavy atom. The summed E-state index contributed by atoms with van der Waals surface area (Å²) >= 11 is 6.00. The molecule has 0 atom stereocenters. The Labute approximate surface area is 150 Å². The molecule has 3 rings (SSSR count). The van der Waals surface area contributed by atoms with Gasteiger partial charge in [0.2, 0.25) is 5.95 Å². The predicted molar refractivity (Wildman–Crippen MR) is 96.7 cm³/mol. The lowest BCUT2D eigenvalue weighted by atomic mass is 9.80. The van der Waals surface area contributed by atoms with Crippen LogP contribution >= 0.6 is 11.6 Å². The Kier molecular flexibility index (Phi) is 5.35. The summed E-state index contributed by atoms with van der Waals surface area (Å²) in [6, 6.07) is 8.73. The van der Waals surface area contributed by atoms with Gasteiger partial charge in [-0.25, -0.2) is 4.98 Å². The maximum absolute atomic E-state index is 12.1. The number of hydrogen-bond acceptors (Lipinski definition) is 6. The normalized spacial score (nSPS) is 19.1. The molecule has 7 nitrogen and oxygen atoms in total. The average molecular weight is 362 g/mol. The molecule has 5 N–H and O–H groups in total. The van der Waals surface area contributed by atoms with Gasteiger partial charge in [0, 0.05) is 25.1 Å². The largest absolute Gasteiger partial charge is 0.393 e. The highest BCUT2D eigenvalue weighted by Crippen LogP contribution is 2.36. The second-order valence-electron chi connectivity index (χ2n) is 6.02. The van der Waals surface area contributed by atoms with Crippen molar-refractivity contribution in [3.63, 3.8) is 0 Å². The number of carbonyl (C=O) groups excluding carboxylic acids is 1. The van der Waals surface area contributed by atoms with Crippen LogP contribution in [0.1, 0.15) is 34.8 Å². The number of nitrogen functional groups attached to an aromatic ring is 1. The quantitative estimate of drug-likeness (QED) is 0.583. The van der Waals surface area contributed by atoms with E-state index >= 15 is 0 Å². The molecule has 2 aromatic rings. The lowest BCUT2D eigenvalue weighted by Crippen LogP contribution is -2.29. The zero-order chi connectivity index (χ0) is 17.8. The van der Waals surface area contributed by atoms with Gasteiger partial charge in [0.15, 0.2) is 0 Å². The van der Waals surface area contributed by atoms with Crippen molar-refractivity contribution in [2.75, 3.05) is 24.1 Å². The van der Waals surface area contributed by atoms with E-state index in [9.17, 15) is 9.90 Å². The number of hydrogen-bond donors (Lipinski definition) is 4. The van der Waals surface area contributed by atoms with Crippen LogP contribution in [-0.4, -0.2) is 40.2 Å². The topological polar surface area (TPSA) is 113 Å². The summed E-state index contributed by atoms with van der Waals surface area (Å²) in [6.45, 7) is 0.894. The molecule has 0 saturated heterocycles. The molecule has 1 fully saturated rings. The Hall–Kier alpha value is -2.38. The van der Waals surface area contributed by atoms with Crippen molar-refractivity contribution in [1.82, 2.24) is 15.3 Å². The fraction of sp³-hybridized carbons (Fsp3) is 0.353. The first-order chi connectivity index (χ1) is 12.0. The van der Waals surface area contributed by atoms with E-state index in [1.165, 1.54) is 0 Å². The van der Waals surface area contributed by atoms with Crippen LogP contribution in [0, 0.1) is 0 Å². The molecular weight excluding hydrogens is 342 g/mol. The lowest BCUT2D eigenvalue weighted by Gasteiger charge is -2.30. The highest BCUT2D eigenvalue weighted by atomic mass is 35.5. The van der Waals surface area contributed by atoms with Crippen LogP contribution in [-0.2, 0) is 0 Å². The van der Waals surface area contributed by atoms with Crippen molar-refractivity contribution in [1.29, 1.82) is 0 Å². The number of amides is 1. The number of nitrogens with zero attached hydrogens (tertiary/aromatic N) is 2. The van der Waals surface area contributed by atoms with E-state index in [-0.39, 0.29) is 23.9 Å². The number of rotatable bonds is 6. The molecule has 1 aromatic carbocycles. The number of nitrogens with one attached hydrogen (secondary N) is 2. The zero-order valence-corrected chi connectivity index (χ0v) is 14.3. The number of aromatic nitrogens is 2. The van der Waals surface area contributed by atoms with Gasteiger partial charge in [0.25, 0.3) is 5.91 Å². The Morgan fingerprint density at radius 1 is 1.28 bits per heavy atom. The fourth-order valence-electron chi connectivity index (χ4n) is 2.72. The molecule has 132 valence electrons. The Morgan fingerprint density at radius 3 is 2.76 bits per heavy atom. The number of carbonyl (C=O) groups is 1. The molecule has 1 aliphatic carbocycles. The number of aliphatic hydroxyl groups excluding tert-OH is 1. The average Bonchev–Trinajstić information content (AvgIpc) is 2.55. The summed E-state index contributed by atoms with van der Waals surface area (Å²) in [4.78, 5) is 20.4. The van der Waals surface area contributed by atoms with Gasteiger partial charge in [-0.15, -0.1) is 0 Å². The van der Waals surface area contributed by atoms with Gasteiger partial charge in [0.05, 0.1) is 22.4 Å². The number of benzene rings is 1. The maximum Gasteiger partial charge on any atom is 0.252 e. The van der Waals surface area contributed by atoms with E-state index in [1.54, 1.807) is 24.3 Å². The smallest absolute Gasteiger partial charge is 0.252 e. The second-order valence-corrected chi connectivity index (χ2v) is 6.43. The molecule has 25 heavy (non-hydrogen) atoms. The highest BCUT2D eigenvalue weighted by molar-refractivity contribution is 6.33. The molecule has 0 radical (unpaired) electrons. The minimum absolute atomic E-state index is 0.196. The van der Waals surface area contributed by atoms with Gasteiger partial charge < -0.3 is 21.5 Å². The monoisotopic (exact) mass is 361 g/mol. The SMILES string of the molecule is Nc1nc(NCCNC(=O)c2ccccc2Cl)cc(C2CC(O)C2)n1. The second kappa shape index (κ2) is 7.67. The molecule has 1 amide bonds. The van der Waals surface area contributed by atoms with E-state index in [1.807, 2.05) is 6.07 Å². The van der Waals surface area contributed by atoms with Crippen molar-refractivity contribution in [3.8, 4) is 0 Å². The molecule has 1 aliphatic rings. The van der Waals surface area contributed by atoms with Crippen LogP contribution in [0.25, 0.3) is 0 Å². The first kappa shape index (κ1) is 17.4. The molecule has 1 saturated carbocycles. The number of nitrogens with two attached hydrogens (primary N) is 1. The number of halogens is 1. The third kappa shape index (κ3) is 4.37. The number of aliphatic hydroxyl groups is 1. The molecule has 0 bridgehead atoms. The molecule has 8 heteroatoms. The first-order valence-corrected chi connectivity index (χ1v) is 8.50. The van der Waals surface area contributed by atoms with Crippen molar-refractivity contribution in [2.24, 2.45) is 0 Å². The van der Waals surface area contributed by atoms with Crippen LogP contribution in [0.4, 0.5) is 11.8 Å². The summed E-state index contributed by atoms with van der Waals surface area (Å²) < 4.78 is 0. The molecule has 0 spiro atoms. The van der Waals surface area contributed by atoms with E-state index in [0.717, 1.165) is 5.69 Å². The van der Waals surface area contributed by atoms with Crippen molar-refractivity contribution in [2.45, 2.75) is 24.9 Å². The summed E-state index contributed by atoms with van der Waals surface area (Å²) in [5, 5.41) is 15.8. The summed E-state index contributed by atoms with van der Waals surface area (Å²) in [6.07, 6.45) is 1.14. The summed E-state index contributed by atoms with van der Waals surface area (Å²) in [7, 11) is 0. The van der Waals surface area contributed by atoms with E-state index in [4.69, 9.17) is 17.3 Å². The van der Waals surface area contributed by atoms with E-state index < -0.39 is 0 Å². The van der Waals surface area contributed by atoms with E-state index in [2.05, 4.69) is 20.6 Å². The Balaban J connectivity index is 1.50. The first-order valence-electron chi connectivity index (χ1n) is 8.12. The third-order valence-electron chi connectivity index (χ3n) is 4.13. The van der Waals surface area contributed by atoms with Gasteiger partial charge in [0.1, 0.15) is 5.82 Å².